The monoisotopic (exact) mass is 372 g/mol. The van der Waals surface area contributed by atoms with Crippen molar-refractivity contribution in [2.24, 2.45) is 0 Å². The van der Waals surface area contributed by atoms with Gasteiger partial charge in [0.1, 0.15) is 36.0 Å². The molecule has 1 aliphatic rings. The molecule has 142 valence electrons. The van der Waals surface area contributed by atoms with Crippen molar-refractivity contribution < 1.29 is 24.8 Å². The van der Waals surface area contributed by atoms with E-state index in [1.165, 1.54) is 6.33 Å². The molecule has 0 aliphatic carbocycles. The minimum absolute atomic E-state index is 0.397. The Morgan fingerprint density at radius 2 is 2.04 bits per heavy atom. The molecule has 0 radical (unpaired) electrons. The first-order chi connectivity index (χ1) is 13.0. The van der Waals surface area contributed by atoms with Crippen LogP contribution in [-0.2, 0) is 4.74 Å². The molecular weight excluding hydrogens is 352 g/mol. The van der Waals surface area contributed by atoms with Gasteiger partial charge in [0.25, 0.3) is 0 Å². The predicted molar refractivity (Wildman–Crippen MR) is 95.1 cm³/mol. The molecule has 0 unspecified atom stereocenters. The number of hydrogen-bond acceptors (Lipinski definition) is 8. The predicted octanol–water partition coefficient (Wildman–Crippen LogP) is 0.422. The molecule has 0 aromatic carbocycles. The van der Waals surface area contributed by atoms with Crippen molar-refractivity contribution in [2.45, 2.75) is 31.5 Å². The summed E-state index contributed by atoms with van der Waals surface area (Å²) in [6, 6.07) is 3.54. The van der Waals surface area contributed by atoms with Gasteiger partial charge in [0.15, 0.2) is 6.23 Å². The molecule has 0 amide bonds. The smallest absolute Gasteiger partial charge is 0.164 e. The molecule has 4 rings (SSSR count). The van der Waals surface area contributed by atoms with Gasteiger partial charge in [-0.3, -0.25) is 4.98 Å². The molecule has 9 heteroatoms. The van der Waals surface area contributed by atoms with Crippen molar-refractivity contribution in [3.05, 3.63) is 36.5 Å². The Kier molecular flexibility index (Phi) is 4.52. The van der Waals surface area contributed by atoms with Gasteiger partial charge in [0.05, 0.1) is 25.1 Å². The van der Waals surface area contributed by atoms with Crippen LogP contribution in [0.2, 0.25) is 0 Å². The highest BCUT2D eigenvalue weighted by molar-refractivity contribution is 5.95. The number of methoxy groups -OCH3 is 1. The van der Waals surface area contributed by atoms with E-state index in [1.807, 2.05) is 6.92 Å². The first kappa shape index (κ1) is 17.8. The van der Waals surface area contributed by atoms with Crippen molar-refractivity contribution >= 4 is 11.0 Å². The van der Waals surface area contributed by atoms with Crippen molar-refractivity contribution in [1.29, 1.82) is 0 Å². The number of fused-ring (bicyclic) bond motifs is 1. The highest BCUT2D eigenvalue weighted by Crippen LogP contribution is 2.37. The van der Waals surface area contributed by atoms with Gasteiger partial charge >= 0.3 is 0 Å². The van der Waals surface area contributed by atoms with E-state index in [9.17, 15) is 15.3 Å². The Labute approximate surface area is 154 Å². The second-order valence-electron chi connectivity index (χ2n) is 6.42. The maximum absolute atomic E-state index is 10.4. The van der Waals surface area contributed by atoms with Gasteiger partial charge in [-0.05, 0) is 13.0 Å². The lowest BCUT2D eigenvalue weighted by Gasteiger charge is -2.17. The first-order valence-electron chi connectivity index (χ1n) is 8.50. The number of rotatable bonds is 4. The second kappa shape index (κ2) is 6.86. The molecule has 0 saturated carbocycles. The van der Waals surface area contributed by atoms with E-state index in [-0.39, 0.29) is 0 Å². The number of aromatic nitrogens is 4. The molecule has 1 fully saturated rings. The highest BCUT2D eigenvalue weighted by Gasteiger charge is 2.44. The third-order valence-corrected chi connectivity index (χ3v) is 4.83. The van der Waals surface area contributed by atoms with Crippen molar-refractivity contribution in [2.75, 3.05) is 13.7 Å². The Morgan fingerprint density at radius 1 is 1.22 bits per heavy atom. The van der Waals surface area contributed by atoms with Crippen LogP contribution < -0.4 is 4.74 Å². The van der Waals surface area contributed by atoms with Gasteiger partial charge in [0.2, 0.25) is 0 Å². The number of aliphatic hydroxyl groups excluding tert-OH is 3. The van der Waals surface area contributed by atoms with Crippen LogP contribution in [0.1, 0.15) is 11.9 Å². The zero-order valence-electron chi connectivity index (χ0n) is 14.9. The number of pyridine rings is 1. The van der Waals surface area contributed by atoms with E-state index in [4.69, 9.17) is 9.47 Å². The standard InChI is InChI=1S/C18H20N4O5/c1-9-14-11(12-5-10(26-2)3-4-19-12)6-22(17(14)21-8-20-9)18-16(25)15(24)13(7-23)27-18/h3-6,8,13,15-16,18,23-25H,7H2,1-2H3/t13-,15-,16-,18-/m1/s1. The summed E-state index contributed by atoms with van der Waals surface area (Å²) in [5.74, 6) is 0.656. The molecule has 3 aromatic heterocycles. The molecule has 9 nitrogen and oxygen atoms in total. The van der Waals surface area contributed by atoms with E-state index in [2.05, 4.69) is 15.0 Å². The molecule has 3 aromatic rings. The fourth-order valence-corrected chi connectivity index (χ4v) is 3.42. The van der Waals surface area contributed by atoms with Crippen LogP contribution in [0.4, 0.5) is 0 Å². The van der Waals surface area contributed by atoms with Crippen LogP contribution in [0.25, 0.3) is 22.3 Å². The molecule has 27 heavy (non-hydrogen) atoms. The average molecular weight is 372 g/mol. The molecule has 1 aliphatic heterocycles. The molecule has 4 heterocycles. The minimum atomic E-state index is -1.21. The summed E-state index contributed by atoms with van der Waals surface area (Å²) < 4.78 is 12.6. The van der Waals surface area contributed by atoms with Crippen molar-refractivity contribution in [1.82, 2.24) is 19.5 Å². The maximum atomic E-state index is 10.4. The summed E-state index contributed by atoms with van der Waals surface area (Å²) >= 11 is 0. The number of ether oxygens (including phenoxy) is 2. The lowest BCUT2D eigenvalue weighted by molar-refractivity contribution is -0.0508. The Morgan fingerprint density at radius 3 is 2.74 bits per heavy atom. The maximum Gasteiger partial charge on any atom is 0.164 e. The van der Waals surface area contributed by atoms with Crippen LogP contribution >= 0.6 is 0 Å². The molecule has 0 spiro atoms. The van der Waals surface area contributed by atoms with E-state index in [0.29, 0.717) is 17.1 Å². The molecule has 3 N–H and O–H groups in total. The second-order valence-corrected chi connectivity index (χ2v) is 6.42. The van der Waals surface area contributed by atoms with Crippen LogP contribution in [0, 0.1) is 6.92 Å². The van der Waals surface area contributed by atoms with E-state index < -0.39 is 31.1 Å². The summed E-state index contributed by atoms with van der Waals surface area (Å²) in [6.45, 7) is 1.46. The van der Waals surface area contributed by atoms with E-state index in [0.717, 1.165) is 16.6 Å². The summed E-state index contributed by atoms with van der Waals surface area (Å²) in [7, 11) is 1.58. The fraction of sp³-hybridized carbons (Fsp3) is 0.389. The summed E-state index contributed by atoms with van der Waals surface area (Å²) in [4.78, 5) is 13.0. The van der Waals surface area contributed by atoms with Crippen LogP contribution in [-0.4, -0.2) is 66.9 Å². The number of aliphatic hydroxyl groups is 3. The lowest BCUT2D eigenvalue weighted by Crippen LogP contribution is -2.33. The van der Waals surface area contributed by atoms with Gasteiger partial charge in [-0.15, -0.1) is 0 Å². The molecular formula is C18H20N4O5. The number of hydrogen-bond donors (Lipinski definition) is 3. The highest BCUT2D eigenvalue weighted by atomic mass is 16.6. The Balaban J connectivity index is 1.90. The molecule has 0 bridgehead atoms. The number of aryl methyl sites for hydroxylation is 1. The zero-order chi connectivity index (χ0) is 19.1. The molecule has 4 atom stereocenters. The lowest BCUT2D eigenvalue weighted by atomic mass is 10.1. The summed E-state index contributed by atoms with van der Waals surface area (Å²) in [5, 5.41) is 30.6. The molecule has 1 saturated heterocycles. The van der Waals surface area contributed by atoms with Gasteiger partial charge in [-0.25, -0.2) is 9.97 Å². The summed E-state index contributed by atoms with van der Waals surface area (Å²) in [6.07, 6.45) is 0.658. The normalized spacial score (nSPS) is 25.2. The van der Waals surface area contributed by atoms with E-state index in [1.54, 1.807) is 36.2 Å². The third kappa shape index (κ3) is 2.85. The summed E-state index contributed by atoms with van der Waals surface area (Å²) in [5.41, 5.74) is 2.68. The average Bonchev–Trinajstić information content (AvgIpc) is 3.21. The minimum Gasteiger partial charge on any atom is -0.497 e. The Bertz CT molecular complexity index is 976. The third-order valence-electron chi connectivity index (χ3n) is 4.83. The quantitative estimate of drug-likeness (QED) is 0.602. The number of nitrogens with zero attached hydrogens (tertiary/aromatic N) is 4. The SMILES string of the molecule is COc1ccnc(-c2cn([C@@H]3O[C@H](CO)[C@@H](O)[C@H]3O)c3ncnc(C)c23)c1. The van der Waals surface area contributed by atoms with Crippen molar-refractivity contribution in [3.63, 3.8) is 0 Å². The first-order valence-corrected chi connectivity index (χ1v) is 8.50. The largest absolute Gasteiger partial charge is 0.497 e. The van der Waals surface area contributed by atoms with Gasteiger partial charge in [-0.2, -0.15) is 0 Å². The van der Waals surface area contributed by atoms with Crippen LogP contribution in [0.3, 0.4) is 0 Å². The van der Waals surface area contributed by atoms with Gasteiger partial charge < -0.3 is 29.4 Å². The zero-order valence-corrected chi connectivity index (χ0v) is 14.9. The van der Waals surface area contributed by atoms with Crippen LogP contribution in [0.5, 0.6) is 5.75 Å². The topological polar surface area (TPSA) is 123 Å². The van der Waals surface area contributed by atoms with E-state index >= 15 is 0 Å². The van der Waals surface area contributed by atoms with Gasteiger partial charge in [-0.1, -0.05) is 0 Å². The van der Waals surface area contributed by atoms with Gasteiger partial charge in [0, 0.05) is 29.4 Å². The Hall–Kier alpha value is -2.59. The van der Waals surface area contributed by atoms with Crippen LogP contribution in [0.15, 0.2) is 30.9 Å². The van der Waals surface area contributed by atoms with Crippen molar-refractivity contribution in [3.8, 4) is 17.0 Å². The fourth-order valence-electron chi connectivity index (χ4n) is 3.42.